The maximum absolute atomic E-state index is 10.4. The van der Waals surface area contributed by atoms with Gasteiger partial charge in [-0.25, -0.2) is 4.79 Å². The Hall–Kier alpha value is -1.04. The van der Waals surface area contributed by atoms with Crippen LogP contribution in [0.2, 0.25) is 0 Å². The quantitative estimate of drug-likeness (QED) is 0.686. The monoisotopic (exact) mass is 318 g/mol. The van der Waals surface area contributed by atoms with Crippen molar-refractivity contribution in [3.05, 3.63) is 39.5 Å². The van der Waals surface area contributed by atoms with Crippen LogP contribution in [0.25, 0.3) is 0 Å². The van der Waals surface area contributed by atoms with Crippen molar-refractivity contribution in [2.45, 2.75) is 6.92 Å². The van der Waals surface area contributed by atoms with Gasteiger partial charge in [-0.2, -0.15) is 0 Å². The highest BCUT2D eigenvalue weighted by Crippen LogP contribution is 2.19. The summed E-state index contributed by atoms with van der Waals surface area (Å²) in [7, 11) is 0. The molecule has 0 bridgehead atoms. The number of halogens is 1. The van der Waals surface area contributed by atoms with E-state index in [1.807, 2.05) is 24.3 Å². The van der Waals surface area contributed by atoms with Crippen molar-refractivity contribution in [1.82, 2.24) is 0 Å². The number of benzene rings is 1. The van der Waals surface area contributed by atoms with E-state index in [-0.39, 0.29) is 0 Å². The minimum absolute atomic E-state index is 0.298. The fraction of sp³-hybridized carbons (Fsp3) is 0.182. The van der Waals surface area contributed by atoms with Gasteiger partial charge in [0, 0.05) is 6.08 Å². The van der Waals surface area contributed by atoms with E-state index in [1.165, 1.54) is 0 Å². The first kappa shape index (κ1) is 12.0. The third-order valence-electron chi connectivity index (χ3n) is 1.66. The molecule has 1 aromatic rings. The topological polar surface area (TPSA) is 46.5 Å². The highest BCUT2D eigenvalue weighted by Gasteiger charge is 2.00. The molecular weight excluding hydrogens is 307 g/mol. The molecule has 0 unspecified atom stereocenters. The Labute approximate surface area is 102 Å². The van der Waals surface area contributed by atoms with E-state index in [0.29, 0.717) is 12.2 Å². The minimum atomic E-state index is -0.946. The van der Waals surface area contributed by atoms with E-state index < -0.39 is 5.97 Å². The molecule has 0 saturated carbocycles. The fourth-order valence-corrected chi connectivity index (χ4v) is 1.55. The number of hydrogen-bond acceptors (Lipinski definition) is 2. The molecule has 0 fully saturated rings. The summed E-state index contributed by atoms with van der Waals surface area (Å²) in [5.74, 6) is -0.171. The maximum Gasteiger partial charge on any atom is 0.328 e. The molecular formula is C11H11IO3. The summed E-state index contributed by atoms with van der Waals surface area (Å²) in [5, 5.41) is 8.50. The Morgan fingerprint density at radius 2 is 2.20 bits per heavy atom. The first-order valence-electron chi connectivity index (χ1n) is 4.37. The molecule has 0 heterocycles. The molecule has 0 aliphatic rings. The summed E-state index contributed by atoms with van der Waals surface area (Å²) in [6.07, 6.45) is 1.15. The smallest absolute Gasteiger partial charge is 0.328 e. The van der Waals surface area contributed by atoms with Crippen LogP contribution >= 0.6 is 22.6 Å². The van der Waals surface area contributed by atoms with Gasteiger partial charge in [0.25, 0.3) is 0 Å². The Kier molecular flexibility index (Phi) is 4.61. The van der Waals surface area contributed by atoms with Crippen LogP contribution in [0.4, 0.5) is 0 Å². The van der Waals surface area contributed by atoms with Gasteiger partial charge in [0.2, 0.25) is 0 Å². The lowest BCUT2D eigenvalue weighted by Gasteiger charge is -2.07. The first-order chi connectivity index (χ1) is 7.09. The second kappa shape index (κ2) is 5.75. The van der Waals surface area contributed by atoms with Crippen LogP contribution in [0.5, 0.6) is 5.75 Å². The van der Waals surface area contributed by atoms with Gasteiger partial charge in [0.05, 0.1) is 3.57 Å². The SMILES string of the molecule is CC(=CC(=O)O)COc1ccccc1I. The van der Waals surface area contributed by atoms with Gasteiger partial charge >= 0.3 is 5.97 Å². The van der Waals surface area contributed by atoms with E-state index in [2.05, 4.69) is 22.6 Å². The molecule has 0 radical (unpaired) electrons. The third-order valence-corrected chi connectivity index (χ3v) is 2.55. The van der Waals surface area contributed by atoms with Crippen molar-refractivity contribution in [3.8, 4) is 5.75 Å². The number of aliphatic carboxylic acids is 1. The van der Waals surface area contributed by atoms with Crippen LogP contribution in [0, 0.1) is 3.57 Å². The zero-order valence-electron chi connectivity index (χ0n) is 8.24. The Bertz CT molecular complexity index is 385. The molecule has 0 aliphatic carbocycles. The third kappa shape index (κ3) is 4.33. The number of carbonyl (C=O) groups is 1. The molecule has 80 valence electrons. The summed E-state index contributed by atoms with van der Waals surface area (Å²) >= 11 is 2.17. The van der Waals surface area contributed by atoms with Crippen LogP contribution < -0.4 is 4.74 Å². The molecule has 0 amide bonds. The molecule has 15 heavy (non-hydrogen) atoms. The highest BCUT2D eigenvalue weighted by molar-refractivity contribution is 14.1. The normalized spacial score (nSPS) is 11.2. The van der Waals surface area contributed by atoms with Gasteiger partial charge in [0.15, 0.2) is 0 Å². The van der Waals surface area contributed by atoms with Gasteiger partial charge in [-0.3, -0.25) is 0 Å². The van der Waals surface area contributed by atoms with E-state index >= 15 is 0 Å². The Balaban J connectivity index is 2.58. The summed E-state index contributed by atoms with van der Waals surface area (Å²) in [6, 6.07) is 7.60. The first-order valence-corrected chi connectivity index (χ1v) is 5.45. The van der Waals surface area contributed by atoms with Crippen LogP contribution in [0.3, 0.4) is 0 Å². The number of carboxylic acids is 1. The molecule has 1 rings (SSSR count). The molecule has 3 nitrogen and oxygen atoms in total. The van der Waals surface area contributed by atoms with Gasteiger partial charge in [-0.05, 0) is 47.2 Å². The predicted octanol–water partition coefficient (Wildman–Crippen LogP) is 2.70. The van der Waals surface area contributed by atoms with Gasteiger partial charge < -0.3 is 9.84 Å². The second-order valence-corrected chi connectivity index (χ2v) is 4.21. The molecule has 0 aromatic heterocycles. The maximum atomic E-state index is 10.4. The average molecular weight is 318 g/mol. The second-order valence-electron chi connectivity index (χ2n) is 3.05. The van der Waals surface area contributed by atoms with Crippen molar-refractivity contribution in [1.29, 1.82) is 0 Å². The average Bonchev–Trinajstić information content (AvgIpc) is 2.15. The summed E-state index contributed by atoms with van der Waals surface area (Å²) in [6.45, 7) is 2.02. The number of para-hydroxylation sites is 1. The summed E-state index contributed by atoms with van der Waals surface area (Å²) in [5.41, 5.74) is 0.683. The molecule has 4 heteroatoms. The lowest BCUT2D eigenvalue weighted by atomic mass is 10.3. The summed E-state index contributed by atoms with van der Waals surface area (Å²) < 4.78 is 6.47. The van der Waals surface area contributed by atoms with Crippen LogP contribution in [0.1, 0.15) is 6.92 Å². The molecule has 1 aromatic carbocycles. The van der Waals surface area contributed by atoms with E-state index in [0.717, 1.165) is 15.4 Å². The number of rotatable bonds is 4. The zero-order chi connectivity index (χ0) is 11.3. The van der Waals surface area contributed by atoms with Crippen molar-refractivity contribution in [3.63, 3.8) is 0 Å². The molecule has 0 spiro atoms. The standard InChI is InChI=1S/C11H11IO3/c1-8(6-11(13)14)7-15-10-5-3-2-4-9(10)12/h2-6H,7H2,1H3,(H,13,14). The van der Waals surface area contributed by atoms with E-state index in [4.69, 9.17) is 9.84 Å². The van der Waals surface area contributed by atoms with Crippen molar-refractivity contribution < 1.29 is 14.6 Å². The van der Waals surface area contributed by atoms with Gasteiger partial charge in [-0.1, -0.05) is 12.1 Å². The van der Waals surface area contributed by atoms with Crippen molar-refractivity contribution in [2.75, 3.05) is 6.61 Å². The van der Waals surface area contributed by atoms with Crippen molar-refractivity contribution >= 4 is 28.6 Å². The fourth-order valence-electron chi connectivity index (χ4n) is 1.01. The molecule has 1 N–H and O–H groups in total. The highest BCUT2D eigenvalue weighted by atomic mass is 127. The Morgan fingerprint density at radius 3 is 2.80 bits per heavy atom. The van der Waals surface area contributed by atoms with E-state index in [9.17, 15) is 4.79 Å². The number of hydrogen-bond donors (Lipinski definition) is 1. The molecule has 0 aliphatic heterocycles. The van der Waals surface area contributed by atoms with Crippen LogP contribution in [-0.2, 0) is 4.79 Å². The number of carboxylic acid groups (broad SMARTS) is 1. The van der Waals surface area contributed by atoms with Crippen LogP contribution in [-0.4, -0.2) is 17.7 Å². The minimum Gasteiger partial charge on any atom is -0.488 e. The van der Waals surface area contributed by atoms with Gasteiger partial charge in [-0.15, -0.1) is 0 Å². The molecule has 0 atom stereocenters. The largest absolute Gasteiger partial charge is 0.488 e. The predicted molar refractivity (Wildman–Crippen MR) is 66.0 cm³/mol. The van der Waals surface area contributed by atoms with E-state index in [1.54, 1.807) is 6.92 Å². The summed E-state index contributed by atoms with van der Waals surface area (Å²) in [4.78, 5) is 10.4. The molecule has 0 saturated heterocycles. The lowest BCUT2D eigenvalue weighted by Crippen LogP contribution is -2.02. The Morgan fingerprint density at radius 1 is 1.53 bits per heavy atom. The number of ether oxygens (including phenoxy) is 1. The van der Waals surface area contributed by atoms with Crippen LogP contribution in [0.15, 0.2) is 35.9 Å². The lowest BCUT2D eigenvalue weighted by molar-refractivity contribution is -0.131. The van der Waals surface area contributed by atoms with Gasteiger partial charge in [0.1, 0.15) is 12.4 Å². The zero-order valence-corrected chi connectivity index (χ0v) is 10.4. The van der Waals surface area contributed by atoms with Crippen molar-refractivity contribution in [2.24, 2.45) is 0 Å².